The van der Waals surface area contributed by atoms with E-state index in [1.807, 2.05) is 24.0 Å². The second-order valence-electron chi connectivity index (χ2n) is 3.71. The highest BCUT2D eigenvalue weighted by Crippen LogP contribution is 2.33. The van der Waals surface area contributed by atoms with Crippen molar-refractivity contribution < 1.29 is 0 Å². The van der Waals surface area contributed by atoms with Gasteiger partial charge in [0.15, 0.2) is 0 Å². The van der Waals surface area contributed by atoms with Gasteiger partial charge in [0.1, 0.15) is 0 Å². The van der Waals surface area contributed by atoms with Crippen LogP contribution in [0, 0.1) is 0 Å². The smallest absolute Gasteiger partial charge is 0.0962 e. The van der Waals surface area contributed by atoms with Crippen molar-refractivity contribution in [2.45, 2.75) is 35.6 Å². The van der Waals surface area contributed by atoms with E-state index in [4.69, 9.17) is 0 Å². The molecule has 0 bridgehead atoms. The molecule has 2 atom stereocenters. The summed E-state index contributed by atoms with van der Waals surface area (Å²) in [5, 5.41) is 5.26. The number of aromatic nitrogens is 1. The number of hydrogen-bond donors (Lipinski definition) is 1. The number of nitrogens with zero attached hydrogens (tertiary/aromatic N) is 1. The normalized spacial score (nSPS) is 26.6. The average molecular weight is 208 g/mol. The third kappa shape index (κ3) is 2.49. The second kappa shape index (κ2) is 4.80. The maximum Gasteiger partial charge on any atom is 0.0962 e. The number of hydrogen-bond acceptors (Lipinski definition) is 3. The van der Waals surface area contributed by atoms with Crippen LogP contribution in [0.3, 0.4) is 0 Å². The fraction of sp³-hybridized carbons (Fsp3) is 0.545. The van der Waals surface area contributed by atoms with Crippen molar-refractivity contribution in [2.75, 3.05) is 7.05 Å². The molecular weight excluding hydrogens is 192 g/mol. The minimum Gasteiger partial charge on any atom is -0.317 e. The molecule has 1 heterocycles. The molecule has 0 radical (unpaired) electrons. The zero-order valence-corrected chi connectivity index (χ0v) is 9.26. The first kappa shape index (κ1) is 9.99. The van der Waals surface area contributed by atoms with Crippen LogP contribution in [0.1, 0.15) is 19.3 Å². The van der Waals surface area contributed by atoms with Crippen LogP contribution in [0.5, 0.6) is 0 Å². The first-order valence-corrected chi connectivity index (χ1v) is 6.01. The fourth-order valence-electron chi connectivity index (χ4n) is 1.90. The molecule has 3 heteroatoms. The van der Waals surface area contributed by atoms with Crippen molar-refractivity contribution in [3.63, 3.8) is 0 Å². The van der Waals surface area contributed by atoms with E-state index in [9.17, 15) is 0 Å². The number of nitrogens with one attached hydrogen (secondary N) is 1. The first-order chi connectivity index (χ1) is 6.88. The van der Waals surface area contributed by atoms with Crippen molar-refractivity contribution >= 4 is 11.8 Å². The van der Waals surface area contributed by atoms with Gasteiger partial charge in [0.05, 0.1) is 5.03 Å². The highest BCUT2D eigenvalue weighted by molar-refractivity contribution is 7.99. The Labute approximate surface area is 89.5 Å². The van der Waals surface area contributed by atoms with Gasteiger partial charge in [-0.25, -0.2) is 4.98 Å². The predicted octanol–water partition coefficient (Wildman–Crippen LogP) is 2.31. The van der Waals surface area contributed by atoms with Crippen LogP contribution in [-0.4, -0.2) is 23.3 Å². The van der Waals surface area contributed by atoms with Crippen LogP contribution in [0.4, 0.5) is 0 Å². The van der Waals surface area contributed by atoms with Crippen LogP contribution in [0.2, 0.25) is 0 Å². The van der Waals surface area contributed by atoms with Crippen LogP contribution < -0.4 is 5.32 Å². The van der Waals surface area contributed by atoms with E-state index >= 15 is 0 Å². The summed E-state index contributed by atoms with van der Waals surface area (Å²) < 4.78 is 0. The summed E-state index contributed by atoms with van der Waals surface area (Å²) >= 11 is 1.92. The highest BCUT2D eigenvalue weighted by atomic mass is 32.2. The van der Waals surface area contributed by atoms with Crippen molar-refractivity contribution in [2.24, 2.45) is 0 Å². The van der Waals surface area contributed by atoms with Crippen molar-refractivity contribution in [1.29, 1.82) is 0 Å². The van der Waals surface area contributed by atoms with Gasteiger partial charge in [-0.3, -0.25) is 0 Å². The summed E-state index contributed by atoms with van der Waals surface area (Å²) in [6.45, 7) is 0. The van der Waals surface area contributed by atoms with Gasteiger partial charge in [-0.2, -0.15) is 0 Å². The SMILES string of the molecule is CNC1CCC(Sc2ccccn2)C1. The van der Waals surface area contributed by atoms with Gasteiger partial charge in [-0.1, -0.05) is 6.07 Å². The summed E-state index contributed by atoms with van der Waals surface area (Å²) in [5.74, 6) is 0. The summed E-state index contributed by atoms with van der Waals surface area (Å²) in [5.41, 5.74) is 0. The van der Waals surface area contributed by atoms with E-state index in [0.717, 1.165) is 16.3 Å². The molecule has 76 valence electrons. The Morgan fingerprint density at radius 3 is 3.00 bits per heavy atom. The number of thioether (sulfide) groups is 1. The maximum absolute atomic E-state index is 4.34. The molecule has 1 aromatic rings. The molecule has 0 saturated heterocycles. The van der Waals surface area contributed by atoms with E-state index in [-0.39, 0.29) is 0 Å². The Bertz CT molecular complexity index is 276. The van der Waals surface area contributed by atoms with Gasteiger partial charge in [0.2, 0.25) is 0 Å². The molecule has 1 aliphatic rings. The Morgan fingerprint density at radius 1 is 1.43 bits per heavy atom. The van der Waals surface area contributed by atoms with Crippen LogP contribution >= 0.6 is 11.8 Å². The van der Waals surface area contributed by atoms with Crippen LogP contribution in [0.25, 0.3) is 0 Å². The minimum atomic E-state index is 0.719. The van der Waals surface area contributed by atoms with Gasteiger partial charge in [-0.15, -0.1) is 11.8 Å². The zero-order valence-electron chi connectivity index (χ0n) is 8.44. The van der Waals surface area contributed by atoms with Crippen LogP contribution in [0.15, 0.2) is 29.4 Å². The third-order valence-electron chi connectivity index (χ3n) is 2.72. The maximum atomic E-state index is 4.34. The lowest BCUT2D eigenvalue weighted by Gasteiger charge is -2.09. The van der Waals surface area contributed by atoms with Crippen molar-refractivity contribution in [3.8, 4) is 0 Å². The Morgan fingerprint density at radius 2 is 2.36 bits per heavy atom. The lowest BCUT2D eigenvalue weighted by molar-refractivity contribution is 0.583. The second-order valence-corrected chi connectivity index (χ2v) is 5.03. The molecule has 1 aliphatic carbocycles. The molecule has 0 spiro atoms. The molecule has 0 aliphatic heterocycles. The molecule has 0 aromatic carbocycles. The fourth-order valence-corrected chi connectivity index (χ4v) is 3.10. The van der Waals surface area contributed by atoms with E-state index in [1.165, 1.54) is 19.3 Å². The van der Waals surface area contributed by atoms with Gasteiger partial charge in [0.25, 0.3) is 0 Å². The van der Waals surface area contributed by atoms with Crippen LogP contribution in [-0.2, 0) is 0 Å². The average Bonchev–Trinajstić information content (AvgIpc) is 2.67. The summed E-state index contributed by atoms with van der Waals surface area (Å²) in [4.78, 5) is 4.34. The van der Waals surface area contributed by atoms with E-state index < -0.39 is 0 Å². The van der Waals surface area contributed by atoms with Crippen molar-refractivity contribution in [3.05, 3.63) is 24.4 Å². The third-order valence-corrected chi connectivity index (χ3v) is 3.96. The topological polar surface area (TPSA) is 24.9 Å². The van der Waals surface area contributed by atoms with Gasteiger partial charge in [-0.05, 0) is 38.4 Å². The van der Waals surface area contributed by atoms with Gasteiger partial charge >= 0.3 is 0 Å². The highest BCUT2D eigenvalue weighted by Gasteiger charge is 2.24. The molecule has 2 rings (SSSR count). The summed E-state index contributed by atoms with van der Waals surface area (Å²) in [6, 6.07) is 6.84. The lowest BCUT2D eigenvalue weighted by atomic mass is 10.3. The summed E-state index contributed by atoms with van der Waals surface area (Å²) in [7, 11) is 2.05. The quantitative estimate of drug-likeness (QED) is 0.825. The molecule has 2 nitrogen and oxygen atoms in total. The molecule has 14 heavy (non-hydrogen) atoms. The number of rotatable bonds is 3. The molecule has 1 fully saturated rings. The molecule has 1 aromatic heterocycles. The standard InChI is InChI=1S/C11H16N2S/c1-12-9-5-6-10(8-9)14-11-4-2-3-7-13-11/h2-4,7,9-10,12H,5-6,8H2,1H3. The molecule has 2 unspecified atom stereocenters. The monoisotopic (exact) mass is 208 g/mol. The Hall–Kier alpha value is -0.540. The van der Waals surface area contributed by atoms with E-state index in [1.54, 1.807) is 0 Å². The number of pyridine rings is 1. The van der Waals surface area contributed by atoms with Crippen molar-refractivity contribution in [1.82, 2.24) is 10.3 Å². The Balaban J connectivity index is 1.88. The first-order valence-electron chi connectivity index (χ1n) is 5.13. The molecule has 1 saturated carbocycles. The zero-order chi connectivity index (χ0) is 9.80. The Kier molecular flexibility index (Phi) is 3.43. The molecular formula is C11H16N2S. The van der Waals surface area contributed by atoms with Gasteiger partial charge < -0.3 is 5.32 Å². The van der Waals surface area contributed by atoms with E-state index in [2.05, 4.69) is 29.5 Å². The molecule has 0 amide bonds. The van der Waals surface area contributed by atoms with Gasteiger partial charge in [0, 0.05) is 17.5 Å². The van der Waals surface area contributed by atoms with E-state index in [0.29, 0.717) is 0 Å². The molecule has 1 N–H and O–H groups in total. The predicted molar refractivity (Wildman–Crippen MR) is 60.6 cm³/mol. The minimum absolute atomic E-state index is 0.719. The largest absolute Gasteiger partial charge is 0.317 e. The lowest BCUT2D eigenvalue weighted by Crippen LogP contribution is -2.21. The summed E-state index contributed by atoms with van der Waals surface area (Å²) in [6.07, 6.45) is 5.76.